The summed E-state index contributed by atoms with van der Waals surface area (Å²) in [6.07, 6.45) is 3.18. The fourth-order valence-corrected chi connectivity index (χ4v) is 4.80. The van der Waals surface area contributed by atoms with Crippen LogP contribution in [-0.2, 0) is 19.6 Å². The van der Waals surface area contributed by atoms with Gasteiger partial charge in [-0.15, -0.1) is 0 Å². The minimum Gasteiger partial charge on any atom is -0.482 e. The quantitative estimate of drug-likeness (QED) is 0.750. The Kier molecular flexibility index (Phi) is 6.39. The summed E-state index contributed by atoms with van der Waals surface area (Å²) in [6, 6.07) is 4.32. The Morgan fingerprint density at radius 2 is 1.81 bits per heavy atom. The van der Waals surface area contributed by atoms with E-state index in [4.69, 9.17) is 21.1 Å². The maximum Gasteiger partial charge on any atom is 0.260 e. The molecule has 9 heteroatoms. The zero-order chi connectivity index (χ0) is 18.6. The highest BCUT2D eigenvalue weighted by atomic mass is 35.5. The highest BCUT2D eigenvalue weighted by Crippen LogP contribution is 2.29. The molecule has 0 unspecified atom stereocenters. The van der Waals surface area contributed by atoms with Crippen LogP contribution in [0.2, 0.25) is 5.02 Å². The van der Waals surface area contributed by atoms with Gasteiger partial charge in [0.1, 0.15) is 5.75 Å². The lowest BCUT2D eigenvalue weighted by Gasteiger charge is -2.27. The summed E-state index contributed by atoms with van der Waals surface area (Å²) in [5, 5.41) is 0.172. The van der Waals surface area contributed by atoms with E-state index in [2.05, 4.69) is 0 Å². The molecule has 0 aliphatic carbocycles. The van der Waals surface area contributed by atoms with Crippen molar-refractivity contribution in [3.05, 3.63) is 23.2 Å². The number of morpholine rings is 1. The van der Waals surface area contributed by atoms with Gasteiger partial charge in [-0.25, -0.2) is 8.42 Å². The first kappa shape index (κ1) is 19.4. The lowest BCUT2D eigenvalue weighted by atomic mass is 10.1. The number of hydrogen-bond donors (Lipinski definition) is 0. The topological polar surface area (TPSA) is 76.2 Å². The molecule has 0 aromatic heterocycles. The molecule has 1 aromatic rings. The van der Waals surface area contributed by atoms with Crippen LogP contribution in [0.1, 0.15) is 19.3 Å². The normalized spacial score (nSPS) is 19.3. The molecule has 144 valence electrons. The summed E-state index contributed by atoms with van der Waals surface area (Å²) in [5.41, 5.74) is 0. The van der Waals surface area contributed by atoms with Crippen LogP contribution < -0.4 is 4.74 Å². The maximum atomic E-state index is 12.6. The number of nitrogens with zero attached hydrogens (tertiary/aromatic N) is 2. The van der Waals surface area contributed by atoms with Crippen LogP contribution in [-0.4, -0.2) is 69.5 Å². The van der Waals surface area contributed by atoms with Crippen molar-refractivity contribution in [1.82, 2.24) is 9.21 Å². The smallest absolute Gasteiger partial charge is 0.260 e. The zero-order valence-electron chi connectivity index (χ0n) is 14.5. The number of halogens is 1. The van der Waals surface area contributed by atoms with Crippen LogP contribution in [0.4, 0.5) is 0 Å². The molecule has 0 saturated carbocycles. The summed E-state index contributed by atoms with van der Waals surface area (Å²) < 4.78 is 37.3. The molecule has 0 spiro atoms. The summed E-state index contributed by atoms with van der Waals surface area (Å²) >= 11 is 6.19. The molecule has 2 fully saturated rings. The largest absolute Gasteiger partial charge is 0.482 e. The first-order valence-corrected chi connectivity index (χ1v) is 10.6. The Bertz CT molecular complexity index is 744. The van der Waals surface area contributed by atoms with Gasteiger partial charge in [-0.05, 0) is 37.5 Å². The molecule has 2 saturated heterocycles. The molecular formula is C17H23ClN2O5S. The van der Waals surface area contributed by atoms with E-state index in [1.165, 1.54) is 22.5 Å². The van der Waals surface area contributed by atoms with Gasteiger partial charge in [0.2, 0.25) is 10.0 Å². The fourth-order valence-electron chi connectivity index (χ4n) is 3.07. The van der Waals surface area contributed by atoms with E-state index >= 15 is 0 Å². The van der Waals surface area contributed by atoms with E-state index in [1.807, 2.05) is 0 Å². The van der Waals surface area contributed by atoms with E-state index in [0.717, 1.165) is 32.4 Å². The van der Waals surface area contributed by atoms with Crippen molar-refractivity contribution < 1.29 is 22.7 Å². The van der Waals surface area contributed by atoms with Gasteiger partial charge in [-0.1, -0.05) is 11.6 Å². The summed E-state index contributed by atoms with van der Waals surface area (Å²) in [6.45, 7) is 2.82. The van der Waals surface area contributed by atoms with Gasteiger partial charge in [0, 0.05) is 26.2 Å². The highest BCUT2D eigenvalue weighted by molar-refractivity contribution is 7.89. The summed E-state index contributed by atoms with van der Waals surface area (Å²) in [7, 11) is -3.61. The third-order valence-electron chi connectivity index (χ3n) is 4.57. The molecule has 2 aliphatic heterocycles. The molecule has 26 heavy (non-hydrogen) atoms. The Morgan fingerprint density at radius 1 is 1.12 bits per heavy atom. The average molecular weight is 403 g/mol. The summed E-state index contributed by atoms with van der Waals surface area (Å²) in [5.74, 6) is 0.226. The monoisotopic (exact) mass is 402 g/mol. The van der Waals surface area contributed by atoms with E-state index < -0.39 is 10.0 Å². The van der Waals surface area contributed by atoms with Crippen molar-refractivity contribution >= 4 is 27.5 Å². The predicted molar refractivity (Wildman–Crippen MR) is 97.0 cm³/mol. The lowest BCUT2D eigenvalue weighted by molar-refractivity contribution is -0.134. The highest BCUT2D eigenvalue weighted by Gasteiger charge is 2.27. The Hall–Kier alpha value is -1.35. The van der Waals surface area contributed by atoms with Crippen molar-refractivity contribution in [3.63, 3.8) is 0 Å². The van der Waals surface area contributed by atoms with E-state index in [1.54, 1.807) is 4.90 Å². The number of benzene rings is 1. The van der Waals surface area contributed by atoms with Crippen LogP contribution >= 0.6 is 11.6 Å². The second kappa shape index (κ2) is 8.56. The molecule has 0 radical (unpaired) electrons. The number of carbonyl (C=O) groups is 1. The van der Waals surface area contributed by atoms with Crippen molar-refractivity contribution in [3.8, 4) is 5.75 Å². The Labute approximate surface area is 158 Å². The lowest BCUT2D eigenvalue weighted by Crippen LogP contribution is -2.40. The number of ether oxygens (including phenoxy) is 2. The molecule has 1 amide bonds. The maximum absolute atomic E-state index is 12.6. The van der Waals surface area contributed by atoms with Gasteiger partial charge < -0.3 is 14.4 Å². The molecule has 0 bridgehead atoms. The third-order valence-corrected chi connectivity index (χ3v) is 6.76. The number of hydrogen-bond acceptors (Lipinski definition) is 5. The number of sulfonamides is 1. The van der Waals surface area contributed by atoms with Crippen LogP contribution in [0.5, 0.6) is 5.75 Å². The molecule has 7 nitrogen and oxygen atoms in total. The van der Waals surface area contributed by atoms with E-state index in [-0.39, 0.29) is 22.4 Å². The SMILES string of the molecule is O=C(COc1ccc(S(=O)(=O)N2CCOCC2)cc1Cl)N1CCCCC1. The van der Waals surface area contributed by atoms with Gasteiger partial charge in [0.05, 0.1) is 23.1 Å². The minimum absolute atomic E-state index is 0.0780. The molecule has 3 rings (SSSR count). The molecule has 1 aromatic carbocycles. The number of carbonyl (C=O) groups excluding carboxylic acids is 1. The molecule has 2 aliphatic rings. The van der Waals surface area contributed by atoms with Crippen molar-refractivity contribution in [2.24, 2.45) is 0 Å². The van der Waals surface area contributed by atoms with Gasteiger partial charge in [0.15, 0.2) is 6.61 Å². The van der Waals surface area contributed by atoms with Crippen LogP contribution in [0.3, 0.4) is 0 Å². The van der Waals surface area contributed by atoms with Crippen LogP contribution in [0.15, 0.2) is 23.1 Å². The predicted octanol–water partition coefficient (Wildman–Crippen LogP) is 1.75. The van der Waals surface area contributed by atoms with Gasteiger partial charge >= 0.3 is 0 Å². The van der Waals surface area contributed by atoms with Gasteiger partial charge in [0.25, 0.3) is 5.91 Å². The number of amides is 1. The van der Waals surface area contributed by atoms with Crippen LogP contribution in [0.25, 0.3) is 0 Å². The van der Waals surface area contributed by atoms with Crippen molar-refractivity contribution in [2.45, 2.75) is 24.2 Å². The molecule has 2 heterocycles. The van der Waals surface area contributed by atoms with E-state index in [9.17, 15) is 13.2 Å². The zero-order valence-corrected chi connectivity index (χ0v) is 16.1. The second-order valence-electron chi connectivity index (χ2n) is 6.34. The minimum atomic E-state index is -3.61. The van der Waals surface area contributed by atoms with Crippen molar-refractivity contribution in [1.29, 1.82) is 0 Å². The first-order valence-electron chi connectivity index (χ1n) is 8.76. The van der Waals surface area contributed by atoms with E-state index in [0.29, 0.717) is 32.1 Å². The average Bonchev–Trinajstić information content (AvgIpc) is 2.68. The third kappa shape index (κ3) is 4.49. The van der Waals surface area contributed by atoms with Gasteiger partial charge in [-0.3, -0.25) is 4.79 Å². The number of likely N-dealkylation sites (tertiary alicyclic amines) is 1. The second-order valence-corrected chi connectivity index (χ2v) is 8.68. The van der Waals surface area contributed by atoms with Gasteiger partial charge in [-0.2, -0.15) is 4.31 Å². The molecule has 0 atom stereocenters. The Morgan fingerprint density at radius 3 is 2.46 bits per heavy atom. The Balaban J connectivity index is 1.64. The standard InChI is InChI=1S/C17H23ClN2O5S/c18-15-12-14(26(22,23)20-8-10-24-11-9-20)4-5-16(15)25-13-17(21)19-6-2-1-3-7-19/h4-5,12H,1-3,6-11,13H2. The first-order chi connectivity index (χ1) is 12.5. The van der Waals surface area contributed by atoms with Crippen molar-refractivity contribution in [2.75, 3.05) is 46.0 Å². The number of rotatable bonds is 5. The molecule has 0 N–H and O–H groups in total. The van der Waals surface area contributed by atoms with Crippen LogP contribution in [0, 0.1) is 0 Å². The number of piperidine rings is 1. The molecular weight excluding hydrogens is 380 g/mol. The fraction of sp³-hybridized carbons (Fsp3) is 0.588. The summed E-state index contributed by atoms with van der Waals surface area (Å²) in [4.78, 5) is 14.1.